The smallest absolute Gasteiger partial charge is 0.292 e. The normalized spacial score (nSPS) is 20.3. The molecular weight excluding hydrogens is 232 g/mol. The average molecular weight is 250 g/mol. The quantitative estimate of drug-likeness (QED) is 0.644. The number of nitrogens with zero attached hydrogens (tertiary/aromatic N) is 1. The summed E-state index contributed by atoms with van der Waals surface area (Å²) in [6.07, 6.45) is 1.16. The molecule has 0 amide bonds. The van der Waals surface area contributed by atoms with Crippen LogP contribution in [0.1, 0.15) is 20.3 Å². The third-order valence-electron chi connectivity index (χ3n) is 3.66. The minimum absolute atomic E-state index is 0.0919. The molecule has 1 aromatic rings. The Kier molecular flexibility index (Phi) is 3.15. The highest BCUT2D eigenvalue weighted by molar-refractivity contribution is 5.64. The van der Waals surface area contributed by atoms with E-state index in [4.69, 9.17) is 4.74 Å². The lowest BCUT2D eigenvalue weighted by Gasteiger charge is -2.09. The summed E-state index contributed by atoms with van der Waals surface area (Å²) in [5, 5.41) is 14.1. The molecule has 5 nitrogen and oxygen atoms in total. The van der Waals surface area contributed by atoms with E-state index in [2.05, 4.69) is 19.2 Å². The summed E-state index contributed by atoms with van der Waals surface area (Å²) in [7, 11) is 1.55. The Bertz CT molecular complexity index is 471. The van der Waals surface area contributed by atoms with Crippen molar-refractivity contribution in [3.8, 4) is 5.75 Å². The molecule has 2 rings (SSSR count). The highest BCUT2D eigenvalue weighted by Gasteiger charge is 2.45. The number of hydrogen-bond acceptors (Lipinski definition) is 4. The van der Waals surface area contributed by atoms with Crippen LogP contribution in [-0.2, 0) is 0 Å². The summed E-state index contributed by atoms with van der Waals surface area (Å²) in [6, 6.07) is 4.75. The van der Waals surface area contributed by atoms with Crippen molar-refractivity contribution in [3.05, 3.63) is 28.3 Å². The Morgan fingerprint density at radius 1 is 1.56 bits per heavy atom. The molecule has 0 aliphatic heterocycles. The van der Waals surface area contributed by atoms with Gasteiger partial charge in [-0.2, -0.15) is 0 Å². The zero-order chi connectivity index (χ0) is 13.3. The number of methoxy groups -OCH3 is 1. The van der Waals surface area contributed by atoms with E-state index in [1.807, 2.05) is 0 Å². The monoisotopic (exact) mass is 250 g/mol. The summed E-state index contributed by atoms with van der Waals surface area (Å²) in [5.41, 5.74) is 0.983. The number of ether oxygens (including phenoxy) is 1. The zero-order valence-electron chi connectivity index (χ0n) is 10.9. The van der Waals surface area contributed by atoms with Crippen molar-refractivity contribution in [2.24, 2.45) is 11.3 Å². The molecule has 5 heteroatoms. The van der Waals surface area contributed by atoms with Gasteiger partial charge in [0.15, 0.2) is 0 Å². The predicted octanol–water partition coefficient (Wildman–Crippen LogP) is 3.06. The fourth-order valence-corrected chi connectivity index (χ4v) is 2.10. The highest BCUT2D eigenvalue weighted by atomic mass is 16.6. The van der Waals surface area contributed by atoms with Gasteiger partial charge < -0.3 is 10.1 Å². The second-order valence-corrected chi connectivity index (χ2v) is 5.41. The summed E-state index contributed by atoms with van der Waals surface area (Å²) in [6.45, 7) is 5.18. The maximum absolute atomic E-state index is 10.9. The Labute approximate surface area is 106 Å². The molecular formula is C13H18N2O3. The SMILES string of the molecule is COc1ccc([N+](=O)[O-])c(NCC2CC2(C)C)c1. The van der Waals surface area contributed by atoms with Crippen molar-refractivity contribution in [2.45, 2.75) is 20.3 Å². The fraction of sp³-hybridized carbons (Fsp3) is 0.538. The van der Waals surface area contributed by atoms with E-state index >= 15 is 0 Å². The van der Waals surface area contributed by atoms with Crippen molar-refractivity contribution < 1.29 is 9.66 Å². The lowest BCUT2D eigenvalue weighted by atomic mass is 10.1. The first kappa shape index (κ1) is 12.7. The van der Waals surface area contributed by atoms with Gasteiger partial charge in [0.2, 0.25) is 0 Å². The molecule has 0 saturated heterocycles. The molecule has 0 bridgehead atoms. The van der Waals surface area contributed by atoms with Gasteiger partial charge in [-0.1, -0.05) is 13.8 Å². The molecule has 0 spiro atoms. The molecule has 1 fully saturated rings. The van der Waals surface area contributed by atoms with Crippen LogP contribution >= 0.6 is 0 Å². The standard InChI is InChI=1S/C13H18N2O3/c1-13(2)7-9(13)8-14-11-6-10(18-3)4-5-12(11)15(16)17/h4-6,9,14H,7-8H2,1-3H3. The number of hydrogen-bond donors (Lipinski definition) is 1. The first-order valence-corrected chi connectivity index (χ1v) is 6.00. The number of rotatable bonds is 5. The van der Waals surface area contributed by atoms with E-state index in [1.54, 1.807) is 19.2 Å². The van der Waals surface area contributed by atoms with Crippen LogP contribution in [0, 0.1) is 21.4 Å². The molecule has 0 aromatic heterocycles. The van der Waals surface area contributed by atoms with E-state index in [0.717, 1.165) is 13.0 Å². The molecule has 1 unspecified atom stereocenters. The lowest BCUT2D eigenvalue weighted by molar-refractivity contribution is -0.384. The molecule has 0 heterocycles. The molecule has 1 N–H and O–H groups in total. The van der Waals surface area contributed by atoms with Crippen LogP contribution in [-0.4, -0.2) is 18.6 Å². The van der Waals surface area contributed by atoms with Crippen LogP contribution in [0.25, 0.3) is 0 Å². The van der Waals surface area contributed by atoms with Gasteiger partial charge >= 0.3 is 0 Å². The van der Waals surface area contributed by atoms with Crippen molar-refractivity contribution in [1.82, 2.24) is 0 Å². The van der Waals surface area contributed by atoms with E-state index in [9.17, 15) is 10.1 Å². The van der Waals surface area contributed by atoms with Crippen molar-refractivity contribution in [1.29, 1.82) is 0 Å². The highest BCUT2D eigenvalue weighted by Crippen LogP contribution is 2.51. The van der Waals surface area contributed by atoms with E-state index in [-0.39, 0.29) is 10.6 Å². The van der Waals surface area contributed by atoms with Gasteiger partial charge in [-0.15, -0.1) is 0 Å². The van der Waals surface area contributed by atoms with E-state index in [1.165, 1.54) is 6.07 Å². The molecule has 1 atom stereocenters. The Hall–Kier alpha value is -1.78. The topological polar surface area (TPSA) is 64.4 Å². The van der Waals surface area contributed by atoms with Crippen molar-refractivity contribution >= 4 is 11.4 Å². The zero-order valence-corrected chi connectivity index (χ0v) is 10.9. The Morgan fingerprint density at radius 2 is 2.22 bits per heavy atom. The molecule has 1 saturated carbocycles. The van der Waals surface area contributed by atoms with Crippen molar-refractivity contribution in [2.75, 3.05) is 19.0 Å². The van der Waals surface area contributed by atoms with Gasteiger partial charge in [0.05, 0.1) is 12.0 Å². The molecule has 18 heavy (non-hydrogen) atoms. The summed E-state index contributed by atoms with van der Waals surface area (Å²) in [5.74, 6) is 1.21. The molecule has 1 aliphatic carbocycles. The minimum atomic E-state index is -0.375. The van der Waals surface area contributed by atoms with Crippen molar-refractivity contribution in [3.63, 3.8) is 0 Å². The third kappa shape index (κ3) is 2.55. The van der Waals surface area contributed by atoms with E-state index < -0.39 is 0 Å². The molecule has 98 valence electrons. The van der Waals surface area contributed by atoms with Gasteiger partial charge in [0.25, 0.3) is 5.69 Å². The van der Waals surface area contributed by atoms with Crippen LogP contribution < -0.4 is 10.1 Å². The number of anilines is 1. The minimum Gasteiger partial charge on any atom is -0.497 e. The van der Waals surface area contributed by atoms with Crippen LogP contribution in [0.15, 0.2) is 18.2 Å². The number of nitrogens with one attached hydrogen (secondary N) is 1. The predicted molar refractivity (Wildman–Crippen MR) is 70.0 cm³/mol. The molecule has 1 aromatic carbocycles. The number of nitro groups is 1. The van der Waals surface area contributed by atoms with Gasteiger partial charge in [-0.3, -0.25) is 10.1 Å². The third-order valence-corrected chi connectivity index (χ3v) is 3.66. The Morgan fingerprint density at radius 3 is 2.72 bits per heavy atom. The Balaban J connectivity index is 2.11. The molecule has 0 radical (unpaired) electrons. The van der Waals surface area contributed by atoms with Gasteiger partial charge in [-0.05, 0) is 23.8 Å². The first-order valence-electron chi connectivity index (χ1n) is 6.00. The summed E-state index contributed by atoms with van der Waals surface area (Å²) < 4.78 is 5.09. The maximum atomic E-state index is 10.9. The maximum Gasteiger partial charge on any atom is 0.292 e. The number of benzene rings is 1. The van der Waals surface area contributed by atoms with Crippen LogP contribution in [0.3, 0.4) is 0 Å². The van der Waals surface area contributed by atoms with E-state index in [0.29, 0.717) is 22.8 Å². The van der Waals surface area contributed by atoms with Crippen LogP contribution in [0.4, 0.5) is 11.4 Å². The summed E-state index contributed by atoms with van der Waals surface area (Å²) in [4.78, 5) is 10.6. The largest absolute Gasteiger partial charge is 0.497 e. The number of nitro benzene ring substituents is 1. The first-order chi connectivity index (χ1) is 8.44. The molecule has 1 aliphatic rings. The van der Waals surface area contributed by atoms with Gasteiger partial charge in [0, 0.05) is 18.7 Å². The second-order valence-electron chi connectivity index (χ2n) is 5.41. The van der Waals surface area contributed by atoms with Gasteiger partial charge in [-0.25, -0.2) is 0 Å². The summed E-state index contributed by atoms with van der Waals surface area (Å²) >= 11 is 0. The second kappa shape index (κ2) is 4.48. The lowest BCUT2D eigenvalue weighted by Crippen LogP contribution is -2.09. The van der Waals surface area contributed by atoms with Crippen LogP contribution in [0.2, 0.25) is 0 Å². The fourth-order valence-electron chi connectivity index (χ4n) is 2.10. The van der Waals surface area contributed by atoms with Crippen LogP contribution in [0.5, 0.6) is 5.75 Å². The average Bonchev–Trinajstić information content (AvgIpc) is 2.93. The van der Waals surface area contributed by atoms with Gasteiger partial charge in [0.1, 0.15) is 11.4 Å².